The van der Waals surface area contributed by atoms with Gasteiger partial charge in [0.2, 0.25) is 11.8 Å². The molecule has 0 aliphatic heterocycles. The summed E-state index contributed by atoms with van der Waals surface area (Å²) in [7, 11) is 1.33. The SMILES string of the molecule is C=CC(=O)NCCCC[C@H](NC(=O)CCCCCCCCCCC)C(=O)OC. The maximum Gasteiger partial charge on any atom is 0.328 e. The van der Waals surface area contributed by atoms with Gasteiger partial charge < -0.3 is 15.4 Å². The maximum atomic E-state index is 12.1. The molecule has 0 bridgehead atoms. The lowest BCUT2D eigenvalue weighted by Gasteiger charge is -2.16. The third-order valence-electron chi connectivity index (χ3n) is 4.73. The van der Waals surface area contributed by atoms with Crippen molar-refractivity contribution < 1.29 is 19.1 Å². The molecule has 0 saturated heterocycles. The van der Waals surface area contributed by atoms with Crippen LogP contribution in [0.15, 0.2) is 12.7 Å². The fourth-order valence-electron chi connectivity index (χ4n) is 3.01. The highest BCUT2D eigenvalue weighted by Crippen LogP contribution is 2.11. The van der Waals surface area contributed by atoms with Gasteiger partial charge in [0.25, 0.3) is 0 Å². The molecular weight excluding hydrogens is 356 g/mol. The minimum atomic E-state index is -0.619. The normalized spacial score (nSPS) is 11.5. The average Bonchev–Trinajstić information content (AvgIpc) is 2.70. The molecule has 0 fully saturated rings. The molecule has 0 aliphatic rings. The first-order valence-corrected chi connectivity index (χ1v) is 10.8. The van der Waals surface area contributed by atoms with Crippen LogP contribution < -0.4 is 10.6 Å². The molecule has 2 N–H and O–H groups in total. The summed E-state index contributed by atoms with van der Waals surface area (Å²) in [5.74, 6) is -0.729. The van der Waals surface area contributed by atoms with Crippen LogP contribution in [0, 0.1) is 0 Å². The number of carbonyl (C=O) groups is 3. The molecule has 6 heteroatoms. The van der Waals surface area contributed by atoms with Crippen molar-refractivity contribution in [1.82, 2.24) is 10.6 Å². The van der Waals surface area contributed by atoms with Gasteiger partial charge in [0, 0.05) is 13.0 Å². The number of unbranched alkanes of at least 4 members (excludes halogenated alkanes) is 9. The number of esters is 1. The van der Waals surface area contributed by atoms with Crippen LogP contribution in [0.2, 0.25) is 0 Å². The Hall–Kier alpha value is -1.85. The lowest BCUT2D eigenvalue weighted by Crippen LogP contribution is -2.41. The summed E-state index contributed by atoms with van der Waals surface area (Å²) in [5.41, 5.74) is 0. The van der Waals surface area contributed by atoms with Gasteiger partial charge in [-0.3, -0.25) is 9.59 Å². The number of ether oxygens (including phenoxy) is 1. The molecule has 162 valence electrons. The molecule has 0 aliphatic carbocycles. The van der Waals surface area contributed by atoms with E-state index in [2.05, 4.69) is 24.1 Å². The second kappa shape index (κ2) is 18.5. The van der Waals surface area contributed by atoms with Crippen LogP contribution in [0.1, 0.15) is 90.4 Å². The summed E-state index contributed by atoms with van der Waals surface area (Å²) in [6.07, 6.45) is 14.4. The molecule has 0 rings (SSSR count). The molecule has 0 spiro atoms. The van der Waals surface area contributed by atoms with Crippen LogP contribution in [0.25, 0.3) is 0 Å². The van der Waals surface area contributed by atoms with Crippen molar-refractivity contribution in [2.75, 3.05) is 13.7 Å². The van der Waals surface area contributed by atoms with Crippen molar-refractivity contribution in [3.63, 3.8) is 0 Å². The number of hydrogen-bond acceptors (Lipinski definition) is 4. The van der Waals surface area contributed by atoms with Gasteiger partial charge in [0.05, 0.1) is 7.11 Å². The molecular formula is C22H40N2O4. The third-order valence-corrected chi connectivity index (χ3v) is 4.73. The largest absolute Gasteiger partial charge is 0.467 e. The third kappa shape index (κ3) is 15.2. The molecule has 2 amide bonds. The summed E-state index contributed by atoms with van der Waals surface area (Å²) in [4.78, 5) is 35.1. The zero-order chi connectivity index (χ0) is 21.0. The summed E-state index contributed by atoms with van der Waals surface area (Å²) in [6.45, 7) is 6.13. The van der Waals surface area contributed by atoms with Gasteiger partial charge in [0.15, 0.2) is 0 Å². The first-order chi connectivity index (χ1) is 13.5. The number of carbonyl (C=O) groups excluding carboxylic acids is 3. The van der Waals surface area contributed by atoms with E-state index < -0.39 is 12.0 Å². The molecule has 0 aromatic rings. The molecule has 1 atom stereocenters. The topological polar surface area (TPSA) is 84.5 Å². The highest BCUT2D eigenvalue weighted by atomic mass is 16.5. The number of rotatable bonds is 18. The minimum Gasteiger partial charge on any atom is -0.467 e. The number of hydrogen-bond donors (Lipinski definition) is 2. The van der Waals surface area contributed by atoms with Gasteiger partial charge in [-0.05, 0) is 31.8 Å². The summed E-state index contributed by atoms with van der Waals surface area (Å²) in [5, 5.41) is 5.48. The zero-order valence-corrected chi connectivity index (χ0v) is 17.9. The standard InChI is InChI=1S/C22H40N2O4/c1-4-6-7-8-9-10-11-12-13-17-21(26)24-19(22(27)28-3)16-14-15-18-23-20(25)5-2/h5,19H,2,4,6-18H2,1,3H3,(H,23,25)(H,24,26)/t19-/m0/s1. The number of nitrogens with one attached hydrogen (secondary N) is 2. The van der Waals surface area contributed by atoms with E-state index in [0.29, 0.717) is 25.8 Å². The van der Waals surface area contributed by atoms with Crippen molar-refractivity contribution in [3.8, 4) is 0 Å². The number of amides is 2. The Morgan fingerprint density at radius 3 is 2.11 bits per heavy atom. The van der Waals surface area contributed by atoms with Crippen molar-refractivity contribution in [3.05, 3.63) is 12.7 Å². The van der Waals surface area contributed by atoms with Crippen LogP contribution in [0.5, 0.6) is 0 Å². The van der Waals surface area contributed by atoms with Gasteiger partial charge in [-0.1, -0.05) is 64.9 Å². The molecule has 6 nitrogen and oxygen atoms in total. The van der Waals surface area contributed by atoms with Crippen LogP contribution in [0.3, 0.4) is 0 Å². The Kier molecular flexibility index (Phi) is 17.3. The van der Waals surface area contributed by atoms with E-state index in [0.717, 1.165) is 25.7 Å². The summed E-state index contributed by atoms with van der Waals surface area (Å²) < 4.78 is 4.79. The second-order valence-corrected chi connectivity index (χ2v) is 7.21. The molecule has 0 unspecified atom stereocenters. The molecule has 0 aromatic carbocycles. The predicted molar refractivity (Wildman–Crippen MR) is 113 cm³/mol. The van der Waals surface area contributed by atoms with Crippen molar-refractivity contribution in [2.45, 2.75) is 96.4 Å². The lowest BCUT2D eigenvalue weighted by atomic mass is 10.1. The van der Waals surface area contributed by atoms with Crippen LogP contribution in [-0.2, 0) is 19.1 Å². The van der Waals surface area contributed by atoms with E-state index in [4.69, 9.17) is 4.74 Å². The van der Waals surface area contributed by atoms with Crippen molar-refractivity contribution >= 4 is 17.8 Å². The van der Waals surface area contributed by atoms with Gasteiger partial charge in [-0.25, -0.2) is 4.79 Å². The van der Waals surface area contributed by atoms with Gasteiger partial charge in [-0.15, -0.1) is 0 Å². The molecule has 0 aromatic heterocycles. The zero-order valence-electron chi connectivity index (χ0n) is 17.9. The highest BCUT2D eigenvalue weighted by Gasteiger charge is 2.20. The first kappa shape index (κ1) is 26.1. The summed E-state index contributed by atoms with van der Waals surface area (Å²) >= 11 is 0. The molecule has 0 heterocycles. The predicted octanol–water partition coefficient (Wildman–Crippen LogP) is 4.04. The van der Waals surface area contributed by atoms with Crippen LogP contribution in [-0.4, -0.2) is 37.5 Å². The van der Waals surface area contributed by atoms with Gasteiger partial charge >= 0.3 is 5.97 Å². The van der Waals surface area contributed by atoms with E-state index >= 15 is 0 Å². The van der Waals surface area contributed by atoms with Crippen molar-refractivity contribution in [2.24, 2.45) is 0 Å². The van der Waals surface area contributed by atoms with E-state index in [1.807, 2.05) is 0 Å². The molecule has 28 heavy (non-hydrogen) atoms. The molecule has 0 radical (unpaired) electrons. The van der Waals surface area contributed by atoms with E-state index in [1.54, 1.807) is 0 Å². The fraction of sp³-hybridized carbons (Fsp3) is 0.773. The van der Waals surface area contributed by atoms with Crippen LogP contribution >= 0.6 is 0 Å². The molecule has 0 saturated carbocycles. The van der Waals surface area contributed by atoms with E-state index in [1.165, 1.54) is 51.7 Å². The van der Waals surface area contributed by atoms with Gasteiger partial charge in [0.1, 0.15) is 6.04 Å². The quantitative estimate of drug-likeness (QED) is 0.208. The maximum absolute atomic E-state index is 12.1. The van der Waals surface area contributed by atoms with Crippen LogP contribution in [0.4, 0.5) is 0 Å². The Morgan fingerprint density at radius 1 is 0.929 bits per heavy atom. The lowest BCUT2D eigenvalue weighted by molar-refractivity contribution is -0.145. The fourth-order valence-corrected chi connectivity index (χ4v) is 3.01. The minimum absolute atomic E-state index is 0.0988. The Morgan fingerprint density at radius 2 is 1.54 bits per heavy atom. The Balaban J connectivity index is 3.89. The Labute approximate surface area is 170 Å². The monoisotopic (exact) mass is 396 g/mol. The average molecular weight is 397 g/mol. The number of methoxy groups -OCH3 is 1. The summed E-state index contributed by atoms with van der Waals surface area (Å²) in [6, 6.07) is -0.619. The van der Waals surface area contributed by atoms with E-state index in [9.17, 15) is 14.4 Å². The van der Waals surface area contributed by atoms with Crippen molar-refractivity contribution in [1.29, 1.82) is 0 Å². The Bertz CT molecular complexity index is 452. The highest BCUT2D eigenvalue weighted by molar-refractivity contribution is 5.86. The van der Waals surface area contributed by atoms with Gasteiger partial charge in [-0.2, -0.15) is 0 Å². The first-order valence-electron chi connectivity index (χ1n) is 10.8. The smallest absolute Gasteiger partial charge is 0.328 e. The van der Waals surface area contributed by atoms with E-state index in [-0.39, 0.29) is 11.8 Å². The second-order valence-electron chi connectivity index (χ2n) is 7.21.